The first kappa shape index (κ1) is 19.8. The Morgan fingerprint density at radius 3 is 2.71 bits per heavy atom. The molecule has 1 fully saturated rings. The van der Waals surface area contributed by atoms with Crippen LogP contribution in [0.3, 0.4) is 0 Å². The maximum Gasteiger partial charge on any atom is 0.332 e. The second-order valence-corrected chi connectivity index (χ2v) is 7.08. The lowest BCUT2D eigenvalue weighted by molar-refractivity contribution is -0.119. The lowest BCUT2D eigenvalue weighted by atomic mass is 10.1. The van der Waals surface area contributed by atoms with Crippen LogP contribution in [-0.4, -0.2) is 20.1 Å². The monoisotopic (exact) mass is 401 g/mol. The first-order chi connectivity index (χ1) is 13.4. The van der Waals surface area contributed by atoms with Gasteiger partial charge in [-0.25, -0.2) is 4.79 Å². The molecule has 1 amide bonds. The van der Waals surface area contributed by atoms with E-state index in [0.717, 1.165) is 34.8 Å². The Kier molecular flexibility index (Phi) is 5.90. The molecule has 8 heteroatoms. The van der Waals surface area contributed by atoms with Crippen molar-refractivity contribution in [1.29, 1.82) is 0 Å². The Balaban J connectivity index is 1.91. The number of hydrogen-bond donors (Lipinski definition) is 2. The zero-order valence-electron chi connectivity index (χ0n) is 15.4. The molecule has 0 unspecified atom stereocenters. The molecule has 1 saturated carbocycles. The van der Waals surface area contributed by atoms with Gasteiger partial charge in [-0.1, -0.05) is 42.3 Å². The highest BCUT2D eigenvalue weighted by Gasteiger charge is 2.25. The van der Waals surface area contributed by atoms with Crippen molar-refractivity contribution < 1.29 is 9.90 Å². The molecule has 7 nitrogen and oxygen atoms in total. The third kappa shape index (κ3) is 4.12. The lowest BCUT2D eigenvalue weighted by Crippen LogP contribution is -2.40. The number of aromatic hydroxyl groups is 1. The SMILES string of the molecule is Cn1c(=O)c(NC(=O)C2CCCC2)c(Cl)n(CC#Cc2cccc(O)c2)c1=O. The second kappa shape index (κ2) is 8.36. The van der Waals surface area contributed by atoms with E-state index in [1.165, 1.54) is 19.2 Å². The van der Waals surface area contributed by atoms with E-state index < -0.39 is 11.2 Å². The van der Waals surface area contributed by atoms with Gasteiger partial charge in [0.05, 0.1) is 6.54 Å². The first-order valence-electron chi connectivity index (χ1n) is 8.96. The minimum absolute atomic E-state index is 0.0757. The number of carbonyl (C=O) groups excluding carboxylic acids is 1. The number of aromatic nitrogens is 2. The van der Waals surface area contributed by atoms with Gasteiger partial charge < -0.3 is 10.4 Å². The topological polar surface area (TPSA) is 93.3 Å². The average Bonchev–Trinajstić information content (AvgIpc) is 3.21. The molecule has 3 rings (SSSR count). The largest absolute Gasteiger partial charge is 0.508 e. The molecule has 1 heterocycles. The number of amides is 1. The molecule has 28 heavy (non-hydrogen) atoms. The van der Waals surface area contributed by atoms with Crippen LogP contribution >= 0.6 is 11.6 Å². The molecule has 0 saturated heterocycles. The molecule has 1 aliphatic rings. The molecule has 0 spiro atoms. The molecule has 1 aromatic heterocycles. The fourth-order valence-electron chi connectivity index (χ4n) is 3.20. The van der Waals surface area contributed by atoms with E-state index in [1.807, 2.05) is 0 Å². The molecule has 1 aromatic carbocycles. The molecule has 0 aliphatic heterocycles. The van der Waals surface area contributed by atoms with Crippen LogP contribution in [0.15, 0.2) is 33.9 Å². The van der Waals surface area contributed by atoms with E-state index in [4.69, 9.17) is 11.6 Å². The summed E-state index contributed by atoms with van der Waals surface area (Å²) in [5, 5.41) is 11.9. The molecule has 0 bridgehead atoms. The van der Waals surface area contributed by atoms with Gasteiger partial charge in [-0.15, -0.1) is 0 Å². The third-order valence-corrected chi connectivity index (χ3v) is 5.16. The van der Waals surface area contributed by atoms with E-state index in [9.17, 15) is 19.5 Å². The van der Waals surface area contributed by atoms with Crippen molar-refractivity contribution >= 4 is 23.2 Å². The molecule has 1 aliphatic carbocycles. The number of phenols is 1. The van der Waals surface area contributed by atoms with Crippen molar-refractivity contribution in [2.45, 2.75) is 32.2 Å². The number of halogens is 1. The van der Waals surface area contributed by atoms with Crippen LogP contribution in [0.1, 0.15) is 31.2 Å². The summed E-state index contributed by atoms with van der Waals surface area (Å²) in [7, 11) is 1.32. The molecule has 0 radical (unpaired) electrons. The zero-order valence-corrected chi connectivity index (χ0v) is 16.1. The number of carbonyl (C=O) groups is 1. The summed E-state index contributed by atoms with van der Waals surface area (Å²) in [5.74, 6) is 5.30. The van der Waals surface area contributed by atoms with E-state index >= 15 is 0 Å². The summed E-state index contributed by atoms with van der Waals surface area (Å²) in [6.07, 6.45) is 3.51. The van der Waals surface area contributed by atoms with Crippen molar-refractivity contribution in [3.8, 4) is 17.6 Å². The highest BCUT2D eigenvalue weighted by Crippen LogP contribution is 2.26. The lowest BCUT2D eigenvalue weighted by Gasteiger charge is -2.14. The zero-order chi connectivity index (χ0) is 20.3. The van der Waals surface area contributed by atoms with Crippen molar-refractivity contribution in [2.75, 3.05) is 5.32 Å². The highest BCUT2D eigenvalue weighted by molar-refractivity contribution is 6.32. The predicted molar refractivity (Wildman–Crippen MR) is 107 cm³/mol. The van der Waals surface area contributed by atoms with Crippen molar-refractivity contribution in [3.05, 3.63) is 55.8 Å². The average molecular weight is 402 g/mol. The quantitative estimate of drug-likeness (QED) is 0.608. The third-order valence-electron chi connectivity index (χ3n) is 4.77. The minimum Gasteiger partial charge on any atom is -0.508 e. The molecular formula is C20H20ClN3O4. The number of phenolic OH excluding ortho intramolecular Hbond substituents is 1. The Bertz CT molecular complexity index is 1090. The number of anilines is 1. The van der Waals surface area contributed by atoms with Crippen LogP contribution in [0.25, 0.3) is 0 Å². The summed E-state index contributed by atoms with van der Waals surface area (Å²) in [6.45, 7) is -0.0757. The van der Waals surface area contributed by atoms with Gasteiger partial charge in [-0.2, -0.15) is 0 Å². The maximum atomic E-state index is 12.4. The van der Waals surface area contributed by atoms with Crippen LogP contribution < -0.4 is 16.6 Å². The van der Waals surface area contributed by atoms with E-state index in [-0.39, 0.29) is 35.0 Å². The van der Waals surface area contributed by atoms with Gasteiger partial charge in [0.2, 0.25) is 5.91 Å². The standard InChI is InChI=1S/C20H20ClN3O4/c1-23-19(27)16(22-18(26)14-8-2-3-9-14)17(21)24(20(23)28)11-5-7-13-6-4-10-15(25)12-13/h4,6,10,12,14,25H,2-3,8-9,11H2,1H3,(H,22,26). The van der Waals surface area contributed by atoms with Gasteiger partial charge in [0.25, 0.3) is 5.56 Å². The summed E-state index contributed by atoms with van der Waals surface area (Å²) in [6, 6.07) is 6.39. The van der Waals surface area contributed by atoms with Crippen LogP contribution in [0, 0.1) is 17.8 Å². The number of hydrogen-bond acceptors (Lipinski definition) is 4. The van der Waals surface area contributed by atoms with Gasteiger partial charge in [0, 0.05) is 18.5 Å². The first-order valence-corrected chi connectivity index (χ1v) is 9.34. The highest BCUT2D eigenvalue weighted by atomic mass is 35.5. The van der Waals surface area contributed by atoms with Gasteiger partial charge in [-0.3, -0.25) is 18.7 Å². The van der Waals surface area contributed by atoms with Crippen LogP contribution in [0.4, 0.5) is 5.69 Å². The number of rotatable bonds is 3. The van der Waals surface area contributed by atoms with E-state index in [1.54, 1.807) is 12.1 Å². The maximum absolute atomic E-state index is 12.4. The molecule has 146 valence electrons. The fraction of sp³-hybridized carbons (Fsp3) is 0.350. The molecule has 2 N–H and O–H groups in total. The van der Waals surface area contributed by atoms with Crippen molar-refractivity contribution in [1.82, 2.24) is 9.13 Å². The Morgan fingerprint density at radius 1 is 1.32 bits per heavy atom. The van der Waals surface area contributed by atoms with E-state index in [2.05, 4.69) is 17.2 Å². The van der Waals surface area contributed by atoms with Gasteiger partial charge in [0.1, 0.15) is 16.6 Å². The fourth-order valence-corrected chi connectivity index (χ4v) is 3.46. The Morgan fingerprint density at radius 2 is 2.04 bits per heavy atom. The summed E-state index contributed by atoms with van der Waals surface area (Å²) >= 11 is 6.28. The molecule has 0 atom stereocenters. The van der Waals surface area contributed by atoms with Crippen LogP contribution in [0.2, 0.25) is 5.15 Å². The van der Waals surface area contributed by atoms with Gasteiger partial charge in [-0.05, 0) is 31.0 Å². The summed E-state index contributed by atoms with van der Waals surface area (Å²) in [5.41, 5.74) is -0.818. The van der Waals surface area contributed by atoms with Gasteiger partial charge in [0.15, 0.2) is 0 Å². The Labute approximate surface area is 166 Å². The second-order valence-electron chi connectivity index (χ2n) is 6.72. The van der Waals surface area contributed by atoms with Crippen molar-refractivity contribution in [2.24, 2.45) is 13.0 Å². The van der Waals surface area contributed by atoms with Crippen LogP contribution in [0.5, 0.6) is 5.75 Å². The predicted octanol–water partition coefficient (Wildman–Crippen LogP) is 2.09. The Hall–Kier alpha value is -2.98. The summed E-state index contributed by atoms with van der Waals surface area (Å²) < 4.78 is 2.02. The normalized spacial score (nSPS) is 13.8. The number of nitrogens with zero attached hydrogens (tertiary/aromatic N) is 2. The minimum atomic E-state index is -0.654. The van der Waals surface area contributed by atoms with Crippen molar-refractivity contribution in [3.63, 3.8) is 0 Å². The smallest absolute Gasteiger partial charge is 0.332 e. The van der Waals surface area contributed by atoms with E-state index in [0.29, 0.717) is 5.56 Å². The van der Waals surface area contributed by atoms with Gasteiger partial charge >= 0.3 is 5.69 Å². The number of nitrogens with one attached hydrogen (secondary N) is 1. The van der Waals surface area contributed by atoms with Crippen LogP contribution in [-0.2, 0) is 18.4 Å². The molecule has 2 aromatic rings. The number of benzene rings is 1. The summed E-state index contributed by atoms with van der Waals surface area (Å²) in [4.78, 5) is 37.3. The molecular weight excluding hydrogens is 382 g/mol.